The van der Waals surface area contributed by atoms with Gasteiger partial charge in [0.25, 0.3) is 5.91 Å². The number of hydrogen-bond donors (Lipinski definition) is 2. The molecule has 0 aliphatic heterocycles. The summed E-state index contributed by atoms with van der Waals surface area (Å²) in [6.45, 7) is 5.94. The summed E-state index contributed by atoms with van der Waals surface area (Å²) in [6, 6.07) is 5.68. The number of carbonyl (C=O) groups excluding carboxylic acids is 1. The van der Waals surface area contributed by atoms with Gasteiger partial charge < -0.3 is 15.8 Å². The first kappa shape index (κ1) is 16.2. The third kappa shape index (κ3) is 3.83. The number of benzene rings is 1. The van der Waals surface area contributed by atoms with E-state index >= 15 is 0 Å². The molecule has 0 saturated carbocycles. The van der Waals surface area contributed by atoms with E-state index in [-0.39, 0.29) is 5.91 Å². The Kier molecular flexibility index (Phi) is 5.75. The van der Waals surface area contributed by atoms with Crippen molar-refractivity contribution in [2.45, 2.75) is 32.8 Å². The summed E-state index contributed by atoms with van der Waals surface area (Å²) in [4.78, 5) is 12.3. The van der Waals surface area contributed by atoms with Gasteiger partial charge in [0.15, 0.2) is 0 Å². The molecule has 1 aromatic rings. The van der Waals surface area contributed by atoms with Crippen molar-refractivity contribution in [3.8, 4) is 11.8 Å². The quantitative estimate of drug-likeness (QED) is 0.826. The molecule has 0 heterocycles. The molecule has 1 amide bonds. The van der Waals surface area contributed by atoms with Crippen LogP contribution in [-0.2, 0) is 9.53 Å². The summed E-state index contributed by atoms with van der Waals surface area (Å²) < 4.78 is 5.30. The summed E-state index contributed by atoms with van der Waals surface area (Å²) >= 11 is 0. The number of carbonyl (C=O) groups is 1. The van der Waals surface area contributed by atoms with Crippen LogP contribution in [0.3, 0.4) is 0 Å². The highest BCUT2D eigenvalue weighted by atomic mass is 16.5. The number of amides is 1. The maximum atomic E-state index is 12.3. The van der Waals surface area contributed by atoms with Crippen LogP contribution in [0.15, 0.2) is 18.2 Å². The molecule has 4 heteroatoms. The standard InChI is InChI=1S/C16H22N2O2/c1-5-16(3,20-4)15(19)18-14-11-13(7-6-10-17)9-8-12(14)2/h8-9,11H,5,10,17H2,1-4H3,(H,18,19). The monoisotopic (exact) mass is 274 g/mol. The highest BCUT2D eigenvalue weighted by Gasteiger charge is 2.31. The van der Waals surface area contributed by atoms with Crippen LogP contribution in [0.5, 0.6) is 0 Å². The van der Waals surface area contributed by atoms with Crippen molar-refractivity contribution in [3.05, 3.63) is 29.3 Å². The van der Waals surface area contributed by atoms with Crippen molar-refractivity contribution in [1.82, 2.24) is 0 Å². The zero-order valence-electron chi connectivity index (χ0n) is 12.5. The number of aryl methyl sites for hydroxylation is 1. The highest BCUT2D eigenvalue weighted by molar-refractivity contribution is 5.97. The van der Waals surface area contributed by atoms with Crippen molar-refractivity contribution in [1.29, 1.82) is 0 Å². The lowest BCUT2D eigenvalue weighted by Gasteiger charge is -2.25. The molecule has 3 N–H and O–H groups in total. The first-order chi connectivity index (χ1) is 9.46. The number of hydrogen-bond acceptors (Lipinski definition) is 3. The number of anilines is 1. The fourth-order valence-corrected chi connectivity index (χ4v) is 1.64. The van der Waals surface area contributed by atoms with E-state index in [1.807, 2.05) is 32.0 Å². The number of rotatable bonds is 4. The van der Waals surface area contributed by atoms with Crippen LogP contribution >= 0.6 is 0 Å². The van der Waals surface area contributed by atoms with E-state index < -0.39 is 5.60 Å². The molecule has 0 aliphatic carbocycles. The largest absolute Gasteiger partial charge is 0.369 e. The maximum absolute atomic E-state index is 12.3. The Bertz CT molecular complexity index is 537. The van der Waals surface area contributed by atoms with E-state index in [4.69, 9.17) is 10.5 Å². The van der Waals surface area contributed by atoms with Gasteiger partial charge in [-0.15, -0.1) is 0 Å². The lowest BCUT2D eigenvalue weighted by Crippen LogP contribution is -2.41. The van der Waals surface area contributed by atoms with Gasteiger partial charge in [-0.2, -0.15) is 0 Å². The second-order valence-electron chi connectivity index (χ2n) is 4.78. The van der Waals surface area contributed by atoms with E-state index in [1.165, 1.54) is 0 Å². The van der Waals surface area contributed by atoms with Gasteiger partial charge in [0.2, 0.25) is 0 Å². The number of nitrogens with two attached hydrogens (primary N) is 1. The Labute approximate surface area is 120 Å². The zero-order chi connectivity index (χ0) is 15.2. The first-order valence-corrected chi connectivity index (χ1v) is 6.63. The second kappa shape index (κ2) is 7.09. The minimum Gasteiger partial charge on any atom is -0.369 e. The summed E-state index contributed by atoms with van der Waals surface area (Å²) in [6.07, 6.45) is 0.598. The van der Waals surface area contributed by atoms with Crippen LogP contribution < -0.4 is 11.1 Å². The number of nitrogens with one attached hydrogen (secondary N) is 1. The lowest BCUT2D eigenvalue weighted by atomic mass is 10.0. The van der Waals surface area contributed by atoms with Gasteiger partial charge in [-0.1, -0.05) is 24.8 Å². The third-order valence-corrected chi connectivity index (χ3v) is 3.43. The van der Waals surface area contributed by atoms with E-state index in [9.17, 15) is 4.79 Å². The molecule has 0 fully saturated rings. The van der Waals surface area contributed by atoms with Gasteiger partial charge in [0.05, 0.1) is 6.54 Å². The summed E-state index contributed by atoms with van der Waals surface area (Å²) in [5.41, 5.74) is 7.08. The van der Waals surface area contributed by atoms with Crippen LogP contribution in [0.4, 0.5) is 5.69 Å². The molecule has 1 aromatic carbocycles. The van der Waals surface area contributed by atoms with E-state index in [1.54, 1.807) is 14.0 Å². The van der Waals surface area contributed by atoms with Crippen LogP contribution in [-0.4, -0.2) is 25.2 Å². The van der Waals surface area contributed by atoms with Gasteiger partial charge in [0.1, 0.15) is 5.60 Å². The van der Waals surface area contributed by atoms with Crippen LogP contribution in [0.1, 0.15) is 31.4 Å². The molecule has 1 atom stereocenters. The van der Waals surface area contributed by atoms with Crippen molar-refractivity contribution in [2.75, 3.05) is 19.0 Å². The Hall–Kier alpha value is -1.83. The van der Waals surface area contributed by atoms with E-state index in [2.05, 4.69) is 17.2 Å². The fourth-order valence-electron chi connectivity index (χ4n) is 1.64. The van der Waals surface area contributed by atoms with E-state index in [0.717, 1.165) is 16.8 Å². The molecule has 0 saturated heterocycles. The lowest BCUT2D eigenvalue weighted by molar-refractivity contribution is -0.136. The van der Waals surface area contributed by atoms with Crippen LogP contribution in [0, 0.1) is 18.8 Å². The maximum Gasteiger partial charge on any atom is 0.256 e. The highest BCUT2D eigenvalue weighted by Crippen LogP contribution is 2.21. The normalized spacial score (nSPS) is 13.1. The van der Waals surface area contributed by atoms with Gasteiger partial charge in [-0.3, -0.25) is 4.79 Å². The Morgan fingerprint density at radius 3 is 2.75 bits per heavy atom. The van der Waals surface area contributed by atoms with Crippen LogP contribution in [0.2, 0.25) is 0 Å². The average Bonchev–Trinajstić information content (AvgIpc) is 2.47. The molecule has 0 bridgehead atoms. The van der Waals surface area contributed by atoms with Crippen molar-refractivity contribution in [3.63, 3.8) is 0 Å². The molecule has 1 unspecified atom stereocenters. The van der Waals surface area contributed by atoms with Gasteiger partial charge >= 0.3 is 0 Å². The molecule has 1 rings (SSSR count). The minimum absolute atomic E-state index is 0.158. The number of ether oxygens (including phenoxy) is 1. The summed E-state index contributed by atoms with van der Waals surface area (Å²) in [7, 11) is 1.54. The predicted molar refractivity (Wildman–Crippen MR) is 81.4 cm³/mol. The summed E-state index contributed by atoms with van der Waals surface area (Å²) in [5, 5.41) is 2.91. The van der Waals surface area contributed by atoms with Gasteiger partial charge in [-0.25, -0.2) is 0 Å². The fraction of sp³-hybridized carbons (Fsp3) is 0.438. The molecule has 0 aromatic heterocycles. The Balaban J connectivity index is 3.00. The molecule has 4 nitrogen and oxygen atoms in total. The van der Waals surface area contributed by atoms with Crippen molar-refractivity contribution in [2.24, 2.45) is 5.73 Å². The topological polar surface area (TPSA) is 64.3 Å². The zero-order valence-corrected chi connectivity index (χ0v) is 12.5. The van der Waals surface area contributed by atoms with Crippen molar-refractivity contribution >= 4 is 11.6 Å². The Morgan fingerprint density at radius 2 is 2.20 bits per heavy atom. The molecular weight excluding hydrogens is 252 g/mol. The summed E-state index contributed by atoms with van der Waals surface area (Å²) in [5.74, 6) is 5.59. The van der Waals surface area contributed by atoms with Crippen LogP contribution in [0.25, 0.3) is 0 Å². The first-order valence-electron chi connectivity index (χ1n) is 6.63. The molecule has 108 valence electrons. The molecule has 0 aliphatic rings. The van der Waals surface area contributed by atoms with Gasteiger partial charge in [-0.05, 0) is 38.0 Å². The molecule has 0 radical (unpaired) electrons. The molecular formula is C16H22N2O2. The number of methoxy groups -OCH3 is 1. The van der Waals surface area contributed by atoms with Gasteiger partial charge in [0, 0.05) is 18.4 Å². The SMILES string of the molecule is CCC(C)(OC)C(=O)Nc1cc(C#CCN)ccc1C. The molecule has 0 spiro atoms. The second-order valence-corrected chi connectivity index (χ2v) is 4.78. The third-order valence-electron chi connectivity index (χ3n) is 3.43. The van der Waals surface area contributed by atoms with E-state index in [0.29, 0.717) is 13.0 Å². The smallest absolute Gasteiger partial charge is 0.256 e. The predicted octanol–water partition coefficient (Wildman–Crippen LogP) is 2.06. The van der Waals surface area contributed by atoms with Crippen molar-refractivity contribution < 1.29 is 9.53 Å². The minimum atomic E-state index is -0.828. The Morgan fingerprint density at radius 1 is 1.50 bits per heavy atom. The molecule has 20 heavy (non-hydrogen) atoms. The average molecular weight is 274 g/mol.